The maximum atomic E-state index is 8.61. The zero-order valence-electron chi connectivity index (χ0n) is 6.07. The van der Waals surface area contributed by atoms with Crippen molar-refractivity contribution in [3.63, 3.8) is 0 Å². The Morgan fingerprint density at radius 2 is 0.500 bits per heavy atom. The molecule has 14 heteroatoms. The molecule has 0 atom stereocenters. The third kappa shape index (κ3) is 259. The van der Waals surface area contributed by atoms with E-state index >= 15 is 0 Å². The second kappa shape index (κ2) is 25.4. The van der Waals surface area contributed by atoms with Crippen LogP contribution in [0.5, 0.6) is 0 Å². The molecule has 0 aromatic heterocycles. The van der Waals surface area contributed by atoms with Crippen LogP contribution >= 0.6 is 0 Å². The Hall–Kier alpha value is 3.58. The van der Waals surface area contributed by atoms with Crippen molar-refractivity contribution in [3.8, 4) is 0 Å². The van der Waals surface area contributed by atoms with Crippen LogP contribution in [0.2, 0.25) is 0 Å². The van der Waals surface area contributed by atoms with Crippen LogP contribution in [-0.2, 0) is 76.3 Å². The average molecular weight is 836 g/mol. The molecule has 0 fully saturated rings. The third-order valence-electron chi connectivity index (χ3n) is 0. The van der Waals surface area contributed by atoms with E-state index in [-0.39, 0.29) is 52.4 Å². The Labute approximate surface area is 144 Å². The predicted molar refractivity (Wildman–Crippen MR) is 13.6 cm³/mol. The summed E-state index contributed by atoms with van der Waals surface area (Å²) in [4.78, 5) is 0. The topological polar surface area (TPSA) is 190 Å². The molecule has 0 spiro atoms. The molecule has 0 aliphatic heterocycles. The average Bonchev–Trinajstić information content (AvgIpc) is 1.54. The van der Waals surface area contributed by atoms with Crippen molar-refractivity contribution in [1.82, 2.24) is 0 Å². The molecule has 76 valence electrons. The van der Waals surface area contributed by atoms with Crippen molar-refractivity contribution < 1.29 is 95.4 Å². The van der Waals surface area contributed by atoms with Crippen LogP contribution in [0.3, 0.4) is 0 Å². The summed E-state index contributed by atoms with van der Waals surface area (Å²) < 4.78 is 77.5. The molecule has 0 aliphatic rings. The summed E-state index contributed by atoms with van der Waals surface area (Å²) in [6.45, 7) is 0. The summed E-state index contributed by atoms with van der Waals surface area (Å²) in [7, 11) is 0. The van der Waals surface area contributed by atoms with E-state index in [4.69, 9.17) is 27.5 Å². The van der Waals surface area contributed by atoms with Gasteiger partial charge in [-0.1, -0.05) is 0 Å². The zero-order valence-corrected chi connectivity index (χ0v) is 20.4. The van der Waals surface area contributed by atoms with Gasteiger partial charge >= 0.3 is 148 Å². The second-order valence-electron chi connectivity index (χ2n) is 0.750. The van der Waals surface area contributed by atoms with Gasteiger partial charge in [-0.25, -0.2) is 0 Å². The van der Waals surface area contributed by atoms with Crippen molar-refractivity contribution in [1.29, 1.82) is 0 Å². The minimum absolute atomic E-state index is 0. The van der Waals surface area contributed by atoms with Crippen LogP contribution in [0.1, 0.15) is 0 Å². The Kier molecular flexibility index (Phi) is 55.5. The molecule has 0 heterocycles. The number of hydrogen-bond acceptors (Lipinski definition) is 9. The first-order chi connectivity index (χ1) is 5.20. The molecule has 9 nitrogen and oxygen atoms in total. The predicted octanol–water partition coefficient (Wildman–Crippen LogP) is -8.26. The van der Waals surface area contributed by atoms with Crippen LogP contribution in [0.15, 0.2) is 0 Å². The van der Waals surface area contributed by atoms with Gasteiger partial charge in [-0.05, 0) is 0 Å². The van der Waals surface area contributed by atoms with E-state index in [0.717, 1.165) is 0 Å². The van der Waals surface area contributed by atoms with E-state index in [1.165, 1.54) is 0 Å². The van der Waals surface area contributed by atoms with Crippen molar-refractivity contribution in [2.24, 2.45) is 0 Å². The molecule has 0 saturated heterocycles. The van der Waals surface area contributed by atoms with Crippen molar-refractivity contribution in [2.75, 3.05) is 0 Å². The second-order valence-corrected chi connectivity index (χ2v) is 4.44. The monoisotopic (exact) mass is 832 g/mol. The molecule has 0 saturated carbocycles. The van der Waals surface area contributed by atoms with Gasteiger partial charge in [0.2, 0.25) is 0 Å². The molecule has 0 bridgehead atoms. The summed E-state index contributed by atoms with van der Waals surface area (Å²) in [5.41, 5.74) is 0. The molecule has 14 heavy (non-hydrogen) atoms. The summed E-state index contributed by atoms with van der Waals surface area (Å²) >= 11 is -12.9. The SMILES string of the molecule is [Bi+3].[Bi+3].[O]=[Zr]([O-])[O-].[O]=[Zr]([O-])[O-].[O]=[Zr]([O-])[O-]. The van der Waals surface area contributed by atoms with Gasteiger partial charge in [0.15, 0.2) is 0 Å². The van der Waals surface area contributed by atoms with Gasteiger partial charge in [0.05, 0.1) is 0 Å². The van der Waals surface area contributed by atoms with Gasteiger partial charge in [-0.3, -0.25) is 0 Å². The van der Waals surface area contributed by atoms with E-state index in [0.29, 0.717) is 0 Å². The molecular weight excluding hydrogens is 836 g/mol. The molecule has 0 aromatic rings. The fraction of sp³-hybridized carbons (Fsp3) is 0. The third-order valence-corrected chi connectivity index (χ3v) is 0. The zero-order chi connectivity index (χ0) is 10.7. The van der Waals surface area contributed by atoms with E-state index < -0.39 is 67.9 Å². The van der Waals surface area contributed by atoms with E-state index in [9.17, 15) is 0 Å². The van der Waals surface area contributed by atoms with Crippen LogP contribution in [0.25, 0.3) is 0 Å². The molecule has 0 unspecified atom stereocenters. The standard InChI is InChI=1S/2Bi.9O.3Zr/q2*+3;;;;6*-1;;;. The van der Waals surface area contributed by atoms with Gasteiger partial charge in [0.25, 0.3) is 0 Å². The van der Waals surface area contributed by atoms with Gasteiger partial charge in [0, 0.05) is 0 Å². The Morgan fingerprint density at radius 3 is 0.500 bits per heavy atom. The molecule has 0 aromatic carbocycles. The van der Waals surface area contributed by atoms with Gasteiger partial charge in [-0.15, -0.1) is 0 Å². The first kappa shape index (κ1) is 30.5. The maximum absolute atomic E-state index is 8.61. The van der Waals surface area contributed by atoms with Crippen molar-refractivity contribution in [3.05, 3.63) is 0 Å². The van der Waals surface area contributed by atoms with E-state index in [2.05, 4.69) is 0 Å². The molecule has 4 radical (unpaired) electrons. The quantitative estimate of drug-likeness (QED) is 0.214. The Bertz CT molecular complexity index is 116. The van der Waals surface area contributed by atoms with Crippen LogP contribution in [-0.4, -0.2) is 52.4 Å². The van der Waals surface area contributed by atoms with Crippen molar-refractivity contribution >= 4 is 52.4 Å². The summed E-state index contributed by atoms with van der Waals surface area (Å²) in [6, 6.07) is 0. The number of rotatable bonds is 0. The van der Waals surface area contributed by atoms with E-state index in [1.54, 1.807) is 0 Å². The minimum atomic E-state index is -4.29. The summed E-state index contributed by atoms with van der Waals surface area (Å²) in [6.07, 6.45) is 0. The first-order valence-corrected chi connectivity index (χ1v) is 10.9. The molecular formula is Bi2O9Zr3. The molecule has 0 N–H and O–H groups in total. The van der Waals surface area contributed by atoms with Crippen LogP contribution in [0, 0.1) is 0 Å². The summed E-state index contributed by atoms with van der Waals surface area (Å²) in [5, 5.41) is 0. The summed E-state index contributed by atoms with van der Waals surface area (Å²) in [5.74, 6) is 0. The fourth-order valence-corrected chi connectivity index (χ4v) is 0. The first-order valence-electron chi connectivity index (χ1n) is 1.84. The Morgan fingerprint density at radius 1 is 0.500 bits per heavy atom. The van der Waals surface area contributed by atoms with Crippen LogP contribution < -0.4 is 19.1 Å². The van der Waals surface area contributed by atoms with Gasteiger partial charge in [0.1, 0.15) is 0 Å². The van der Waals surface area contributed by atoms with E-state index in [1.807, 2.05) is 0 Å². The normalized spacial score (nSPS) is 5.57. The fourth-order valence-electron chi connectivity index (χ4n) is 0. The van der Waals surface area contributed by atoms with Gasteiger partial charge in [-0.2, -0.15) is 0 Å². The Balaban J connectivity index is -0.0000000270. The molecule has 0 rings (SSSR count). The molecule has 0 aliphatic carbocycles. The van der Waals surface area contributed by atoms with Crippen LogP contribution in [0.4, 0.5) is 0 Å². The van der Waals surface area contributed by atoms with Gasteiger partial charge < -0.3 is 0 Å². The molecule has 0 amide bonds. The number of hydrogen-bond donors (Lipinski definition) is 0. The van der Waals surface area contributed by atoms with Crippen molar-refractivity contribution in [2.45, 2.75) is 0 Å².